The molecule has 0 radical (unpaired) electrons. The molecule has 6 heteroatoms. The monoisotopic (exact) mass is 257 g/mol. The van der Waals surface area contributed by atoms with E-state index in [-0.39, 0.29) is 0 Å². The lowest BCUT2D eigenvalue weighted by Gasteiger charge is -2.07. The summed E-state index contributed by atoms with van der Waals surface area (Å²) in [7, 11) is 0. The largest absolute Gasteiger partial charge is 0.399 e. The van der Waals surface area contributed by atoms with Crippen LogP contribution in [-0.4, -0.2) is 15.0 Å². The van der Waals surface area contributed by atoms with E-state index in [2.05, 4.69) is 20.3 Å². The number of nitrogens with one attached hydrogen (secondary N) is 1. The van der Waals surface area contributed by atoms with E-state index in [9.17, 15) is 0 Å². The first-order valence-corrected chi connectivity index (χ1v) is 6.32. The van der Waals surface area contributed by atoms with Crippen LogP contribution in [0.25, 0.3) is 10.9 Å². The second-order valence-electron chi connectivity index (χ2n) is 3.82. The van der Waals surface area contributed by atoms with E-state index in [0.29, 0.717) is 12.2 Å². The summed E-state index contributed by atoms with van der Waals surface area (Å²) < 4.78 is 0. The molecule has 0 unspecified atom stereocenters. The molecule has 0 saturated carbocycles. The van der Waals surface area contributed by atoms with Crippen LogP contribution in [0.3, 0.4) is 0 Å². The highest BCUT2D eigenvalue weighted by Crippen LogP contribution is 2.21. The molecule has 0 aliphatic carbocycles. The number of hydrogen-bond acceptors (Lipinski definition) is 6. The Morgan fingerprint density at radius 2 is 2.22 bits per heavy atom. The van der Waals surface area contributed by atoms with Gasteiger partial charge in [0, 0.05) is 22.1 Å². The molecule has 90 valence electrons. The molecule has 18 heavy (non-hydrogen) atoms. The molecule has 0 amide bonds. The quantitative estimate of drug-likeness (QED) is 0.704. The molecule has 3 aromatic rings. The van der Waals surface area contributed by atoms with Crippen LogP contribution in [0.15, 0.2) is 36.2 Å². The van der Waals surface area contributed by atoms with Gasteiger partial charge in [-0.05, 0) is 18.2 Å². The highest BCUT2D eigenvalue weighted by atomic mass is 32.1. The molecule has 0 atom stereocenters. The van der Waals surface area contributed by atoms with Gasteiger partial charge in [-0.3, -0.25) is 4.98 Å². The molecular weight excluding hydrogens is 246 g/mol. The number of benzene rings is 1. The fourth-order valence-corrected chi connectivity index (χ4v) is 2.25. The Labute approximate surface area is 108 Å². The second-order valence-corrected chi connectivity index (χ2v) is 4.79. The number of nitrogen functional groups attached to an aromatic ring is 1. The number of aromatic nitrogens is 3. The SMILES string of the molecule is Nc1ccc2c(NCc3cncs3)ncnc2c1. The summed E-state index contributed by atoms with van der Waals surface area (Å²) >= 11 is 1.61. The van der Waals surface area contributed by atoms with Gasteiger partial charge in [-0.15, -0.1) is 11.3 Å². The van der Waals surface area contributed by atoms with Gasteiger partial charge in [0.05, 0.1) is 17.6 Å². The average Bonchev–Trinajstić information content (AvgIpc) is 2.89. The van der Waals surface area contributed by atoms with E-state index in [0.717, 1.165) is 21.6 Å². The molecule has 2 aromatic heterocycles. The Hall–Kier alpha value is -2.21. The van der Waals surface area contributed by atoms with Crippen LogP contribution in [0, 0.1) is 0 Å². The molecule has 0 aliphatic heterocycles. The predicted octanol–water partition coefficient (Wildman–Crippen LogP) is 2.28. The van der Waals surface area contributed by atoms with E-state index in [1.807, 2.05) is 29.9 Å². The minimum Gasteiger partial charge on any atom is -0.399 e. The molecule has 0 bridgehead atoms. The molecular formula is C12H11N5S. The molecule has 3 rings (SSSR count). The van der Waals surface area contributed by atoms with Gasteiger partial charge in [0.15, 0.2) is 0 Å². The van der Waals surface area contributed by atoms with E-state index in [1.54, 1.807) is 11.3 Å². The van der Waals surface area contributed by atoms with E-state index in [1.165, 1.54) is 6.33 Å². The van der Waals surface area contributed by atoms with Crippen molar-refractivity contribution in [2.75, 3.05) is 11.1 Å². The van der Waals surface area contributed by atoms with Crippen molar-refractivity contribution < 1.29 is 0 Å². The maximum atomic E-state index is 5.74. The predicted molar refractivity (Wildman–Crippen MR) is 73.4 cm³/mol. The van der Waals surface area contributed by atoms with Crippen molar-refractivity contribution in [1.82, 2.24) is 15.0 Å². The Morgan fingerprint density at radius 3 is 3.06 bits per heavy atom. The molecule has 5 nitrogen and oxygen atoms in total. The lowest BCUT2D eigenvalue weighted by Crippen LogP contribution is -2.01. The zero-order valence-electron chi connectivity index (χ0n) is 9.50. The molecule has 2 heterocycles. The molecule has 0 fully saturated rings. The van der Waals surface area contributed by atoms with Crippen molar-refractivity contribution in [2.24, 2.45) is 0 Å². The van der Waals surface area contributed by atoms with Crippen molar-refractivity contribution in [3.63, 3.8) is 0 Å². The zero-order valence-corrected chi connectivity index (χ0v) is 10.3. The first-order chi connectivity index (χ1) is 8.83. The highest BCUT2D eigenvalue weighted by Gasteiger charge is 2.04. The Morgan fingerprint density at radius 1 is 1.28 bits per heavy atom. The van der Waals surface area contributed by atoms with Crippen LogP contribution in [0.4, 0.5) is 11.5 Å². The molecule has 0 aliphatic rings. The average molecular weight is 257 g/mol. The Kier molecular flexibility index (Phi) is 2.77. The fourth-order valence-electron chi connectivity index (χ4n) is 1.72. The number of fused-ring (bicyclic) bond motifs is 1. The second kappa shape index (κ2) is 4.58. The van der Waals surface area contributed by atoms with Crippen molar-refractivity contribution in [2.45, 2.75) is 6.54 Å². The van der Waals surface area contributed by atoms with Crippen molar-refractivity contribution in [1.29, 1.82) is 0 Å². The summed E-state index contributed by atoms with van der Waals surface area (Å²) in [5.41, 5.74) is 9.10. The first-order valence-electron chi connectivity index (χ1n) is 5.44. The molecule has 3 N–H and O–H groups in total. The third kappa shape index (κ3) is 2.10. The number of nitrogens with two attached hydrogens (primary N) is 1. The third-order valence-corrected chi connectivity index (χ3v) is 3.35. The number of thiazole rings is 1. The van der Waals surface area contributed by atoms with E-state index in [4.69, 9.17) is 5.73 Å². The standard InChI is InChI=1S/C12H11N5S/c13-8-1-2-10-11(3-8)16-6-17-12(10)15-5-9-4-14-7-18-9/h1-4,6-7H,5,13H2,(H,15,16,17). The maximum Gasteiger partial charge on any atom is 0.137 e. The van der Waals surface area contributed by atoms with Crippen molar-refractivity contribution >= 4 is 33.7 Å². The smallest absolute Gasteiger partial charge is 0.137 e. The van der Waals surface area contributed by atoms with Crippen LogP contribution in [0.1, 0.15) is 4.88 Å². The Balaban J connectivity index is 1.92. The van der Waals surface area contributed by atoms with Crippen LogP contribution in [-0.2, 0) is 6.54 Å². The number of anilines is 2. The van der Waals surface area contributed by atoms with Crippen LogP contribution in [0.2, 0.25) is 0 Å². The normalized spacial score (nSPS) is 10.7. The minimum atomic E-state index is 0.703. The molecule has 0 saturated heterocycles. The topological polar surface area (TPSA) is 76.7 Å². The number of rotatable bonds is 3. The maximum absolute atomic E-state index is 5.74. The number of nitrogens with zero attached hydrogens (tertiary/aromatic N) is 3. The van der Waals surface area contributed by atoms with Crippen LogP contribution in [0.5, 0.6) is 0 Å². The summed E-state index contributed by atoms with van der Waals surface area (Å²) in [4.78, 5) is 13.7. The zero-order chi connectivity index (χ0) is 12.4. The molecule has 1 aromatic carbocycles. The van der Waals surface area contributed by atoms with Gasteiger partial charge in [0.25, 0.3) is 0 Å². The first kappa shape index (κ1) is 10.9. The minimum absolute atomic E-state index is 0.703. The van der Waals surface area contributed by atoms with E-state index >= 15 is 0 Å². The van der Waals surface area contributed by atoms with Gasteiger partial charge in [0.2, 0.25) is 0 Å². The van der Waals surface area contributed by atoms with Gasteiger partial charge in [-0.25, -0.2) is 9.97 Å². The fraction of sp³-hybridized carbons (Fsp3) is 0.0833. The van der Waals surface area contributed by atoms with Gasteiger partial charge in [-0.1, -0.05) is 0 Å². The summed E-state index contributed by atoms with van der Waals surface area (Å²) in [6.07, 6.45) is 3.38. The van der Waals surface area contributed by atoms with Crippen molar-refractivity contribution in [3.8, 4) is 0 Å². The Bertz CT molecular complexity index is 665. The van der Waals surface area contributed by atoms with Crippen LogP contribution >= 0.6 is 11.3 Å². The van der Waals surface area contributed by atoms with Gasteiger partial charge < -0.3 is 11.1 Å². The summed E-state index contributed by atoms with van der Waals surface area (Å²) in [6, 6.07) is 5.62. The van der Waals surface area contributed by atoms with Gasteiger partial charge in [0.1, 0.15) is 12.1 Å². The summed E-state index contributed by atoms with van der Waals surface area (Å²) in [5, 5.41) is 4.26. The van der Waals surface area contributed by atoms with E-state index < -0.39 is 0 Å². The lowest BCUT2D eigenvalue weighted by atomic mass is 10.2. The summed E-state index contributed by atoms with van der Waals surface area (Å²) in [5.74, 6) is 0.813. The molecule has 0 spiro atoms. The number of hydrogen-bond donors (Lipinski definition) is 2. The van der Waals surface area contributed by atoms with Crippen LogP contribution < -0.4 is 11.1 Å². The third-order valence-electron chi connectivity index (χ3n) is 2.57. The van der Waals surface area contributed by atoms with Gasteiger partial charge >= 0.3 is 0 Å². The lowest BCUT2D eigenvalue weighted by molar-refractivity contribution is 1.12. The van der Waals surface area contributed by atoms with Gasteiger partial charge in [-0.2, -0.15) is 0 Å². The van der Waals surface area contributed by atoms with Crippen molar-refractivity contribution in [3.05, 3.63) is 41.1 Å². The highest BCUT2D eigenvalue weighted by molar-refractivity contribution is 7.09. The summed E-state index contributed by atoms with van der Waals surface area (Å²) in [6.45, 7) is 0.709.